The fraction of sp³-hybridized carbons (Fsp3) is 0.238. The molecule has 0 radical (unpaired) electrons. The van der Waals surface area contributed by atoms with Gasteiger partial charge in [0, 0.05) is 75.3 Å². The van der Waals surface area contributed by atoms with Crippen molar-refractivity contribution >= 4 is 105 Å². The fourth-order valence-electron chi connectivity index (χ4n) is 12.9. The number of thiophene rings is 1. The molecule has 0 saturated carbocycles. The van der Waals surface area contributed by atoms with Crippen molar-refractivity contribution in [2.75, 3.05) is 5.32 Å². The molecule has 5 heteroatoms. The van der Waals surface area contributed by atoms with Gasteiger partial charge in [-0.3, -0.25) is 0 Å². The number of hydrogen-bond donors (Lipinski definition) is 1. The first-order valence-electron chi connectivity index (χ1n) is 24.7. The zero-order valence-corrected chi connectivity index (χ0v) is 41.4. The van der Waals surface area contributed by atoms with Gasteiger partial charge < -0.3 is 14.3 Å². The summed E-state index contributed by atoms with van der Waals surface area (Å²) in [6, 6.07) is 51.3. The van der Waals surface area contributed by atoms with Crippen molar-refractivity contribution in [3.05, 3.63) is 161 Å². The molecule has 1 N–H and O–H groups in total. The maximum Gasteiger partial charge on any atom is 0.198 e. The van der Waals surface area contributed by atoms with E-state index in [0.29, 0.717) is 0 Å². The molecule has 0 unspecified atom stereocenters. The molecular weight excluding hydrogens is 844 g/mol. The second-order valence-corrected chi connectivity index (χ2v) is 24.3. The number of furan rings is 1. The summed E-state index contributed by atoms with van der Waals surface area (Å²) >= 11 is 1.95. The molecule has 0 saturated heterocycles. The van der Waals surface area contributed by atoms with Crippen LogP contribution < -0.4 is 16.2 Å². The first-order valence-corrected chi connectivity index (χ1v) is 25.5. The van der Waals surface area contributed by atoms with Gasteiger partial charge >= 0.3 is 0 Å². The lowest BCUT2D eigenvalue weighted by molar-refractivity contribution is 0.332. The van der Waals surface area contributed by atoms with Gasteiger partial charge in [0.2, 0.25) is 0 Å². The van der Waals surface area contributed by atoms with Gasteiger partial charge in [0.1, 0.15) is 11.2 Å². The average Bonchev–Trinajstić information content (AvgIpc) is 4.03. The van der Waals surface area contributed by atoms with Crippen LogP contribution in [0.2, 0.25) is 0 Å². The summed E-state index contributed by atoms with van der Waals surface area (Å²) < 4.78 is 11.9. The number of nitrogens with zero attached hydrogens (tertiary/aromatic N) is 1. The summed E-state index contributed by atoms with van der Waals surface area (Å²) in [6.45, 7) is 21.5. The van der Waals surface area contributed by atoms with Crippen LogP contribution in [0.5, 0.6) is 0 Å². The van der Waals surface area contributed by atoms with E-state index in [2.05, 4.69) is 206 Å². The molecule has 2 aliphatic carbocycles. The molecule has 3 aromatic heterocycles. The molecule has 3 nitrogen and oxygen atoms in total. The molecule has 1 aliphatic heterocycles. The summed E-state index contributed by atoms with van der Waals surface area (Å²) in [4.78, 5) is 0. The number of anilines is 2. The van der Waals surface area contributed by atoms with E-state index in [4.69, 9.17) is 4.42 Å². The molecule has 0 fully saturated rings. The second kappa shape index (κ2) is 13.4. The van der Waals surface area contributed by atoms with E-state index in [-0.39, 0.29) is 21.7 Å². The fourth-order valence-corrected chi connectivity index (χ4v) is 14.0. The molecule has 0 atom stereocenters. The summed E-state index contributed by atoms with van der Waals surface area (Å²) in [7, 11) is 0.826. The average molecular weight is 899 g/mol. The highest BCUT2D eigenvalue weighted by molar-refractivity contribution is 7.25. The van der Waals surface area contributed by atoms with Crippen molar-refractivity contribution in [3.8, 4) is 27.9 Å². The highest BCUT2D eigenvalue weighted by Crippen LogP contribution is 2.52. The third kappa shape index (κ3) is 5.48. The minimum absolute atomic E-state index is 0.0707. The zero-order chi connectivity index (χ0) is 46.4. The van der Waals surface area contributed by atoms with E-state index in [0.717, 1.165) is 35.2 Å². The van der Waals surface area contributed by atoms with Crippen molar-refractivity contribution in [1.29, 1.82) is 0 Å². The minimum Gasteiger partial charge on any atom is -0.456 e. The SMILES string of the molecule is CC(C)(C)c1ccc(Nc2cc3sc4cc5c(cc4c3cc2-c2ccc3c4c6c(ccc4n4c3c2Bc2cc3c(cc2-4)-c2ccccc2C3(C)C)oc2ccccc26)C(C)(C)CCC5(C)C)cc1. The van der Waals surface area contributed by atoms with Crippen LogP contribution in [0.1, 0.15) is 103 Å². The maximum atomic E-state index is 6.59. The Kier molecular flexibility index (Phi) is 7.96. The Morgan fingerprint density at radius 2 is 1.29 bits per heavy atom. The van der Waals surface area contributed by atoms with Crippen molar-refractivity contribution in [3.63, 3.8) is 0 Å². The van der Waals surface area contributed by atoms with E-state index >= 15 is 0 Å². The molecule has 8 aromatic carbocycles. The van der Waals surface area contributed by atoms with Gasteiger partial charge in [0.05, 0.1) is 5.52 Å². The molecular formula is C63H55BN2OS. The Morgan fingerprint density at radius 3 is 2.09 bits per heavy atom. The normalized spacial score (nSPS) is 16.4. The summed E-state index contributed by atoms with van der Waals surface area (Å²) in [5, 5.41) is 11.6. The predicted octanol–water partition coefficient (Wildman–Crippen LogP) is 16.1. The Bertz CT molecular complexity index is 4030. The van der Waals surface area contributed by atoms with E-state index < -0.39 is 0 Å². The van der Waals surface area contributed by atoms with Gasteiger partial charge in [-0.25, -0.2) is 0 Å². The van der Waals surface area contributed by atoms with E-state index in [1.54, 1.807) is 0 Å². The van der Waals surface area contributed by atoms with Gasteiger partial charge in [-0.2, -0.15) is 0 Å². The molecule has 3 aliphatic rings. The largest absolute Gasteiger partial charge is 0.456 e. The second-order valence-electron chi connectivity index (χ2n) is 23.2. The quantitative estimate of drug-likeness (QED) is 0.179. The first-order chi connectivity index (χ1) is 32.5. The smallest absolute Gasteiger partial charge is 0.198 e. The van der Waals surface area contributed by atoms with Gasteiger partial charge in [-0.1, -0.05) is 141 Å². The van der Waals surface area contributed by atoms with Gasteiger partial charge in [0.25, 0.3) is 0 Å². The third-order valence-electron chi connectivity index (χ3n) is 16.8. The molecule has 14 rings (SSSR count). The van der Waals surface area contributed by atoms with Crippen LogP contribution in [0.25, 0.3) is 91.9 Å². The molecule has 0 spiro atoms. The Morgan fingerprint density at radius 1 is 0.574 bits per heavy atom. The van der Waals surface area contributed by atoms with Crippen LogP contribution in [0.4, 0.5) is 11.4 Å². The minimum atomic E-state index is -0.107. The lowest BCUT2D eigenvalue weighted by atomic mass is 9.58. The first kappa shape index (κ1) is 40.5. The summed E-state index contributed by atoms with van der Waals surface area (Å²) in [6.07, 6.45) is 2.40. The number of hydrogen-bond acceptors (Lipinski definition) is 3. The standard InChI is InChI=1S/C63H55BN2OS/c1-60(2,3)34-18-20-35(21-19-34)65-49-33-55-42(43-29-46-47(32-54(43)68-55)62(6,7)27-26-61(46,4)5)28-41(49)37-22-23-39-56-50(24-25-53-57(56)38-15-11-13-17-52(38)67-53)66-51-30-40-36-14-10-12-16-44(36)63(8,9)45(40)31-48(51)64-58(37)59(39)66/h10-25,28-33,64-65H,26-27H2,1-9H3. The Labute approximate surface area is 403 Å². The molecule has 0 bridgehead atoms. The summed E-state index contributed by atoms with van der Waals surface area (Å²) in [5.41, 5.74) is 23.2. The van der Waals surface area contributed by atoms with Gasteiger partial charge in [0.15, 0.2) is 7.28 Å². The van der Waals surface area contributed by atoms with Crippen molar-refractivity contribution in [2.45, 2.75) is 96.8 Å². The zero-order valence-electron chi connectivity index (χ0n) is 40.6. The molecule has 11 aromatic rings. The van der Waals surface area contributed by atoms with Crippen LogP contribution in [0.3, 0.4) is 0 Å². The molecule has 332 valence electrons. The maximum absolute atomic E-state index is 6.59. The summed E-state index contributed by atoms with van der Waals surface area (Å²) in [5.74, 6) is 0. The van der Waals surface area contributed by atoms with Crippen LogP contribution in [0.15, 0.2) is 138 Å². The molecule has 68 heavy (non-hydrogen) atoms. The molecule has 0 amide bonds. The van der Waals surface area contributed by atoms with Gasteiger partial charge in [-0.15, -0.1) is 11.3 Å². The Hall–Kier alpha value is -6.56. The topological polar surface area (TPSA) is 30.1 Å². The van der Waals surface area contributed by atoms with Crippen LogP contribution in [0, 0.1) is 0 Å². The van der Waals surface area contributed by atoms with Crippen molar-refractivity contribution in [1.82, 2.24) is 4.57 Å². The number of para-hydroxylation sites is 1. The number of nitrogens with one attached hydrogen (secondary N) is 1. The van der Waals surface area contributed by atoms with E-state index in [1.165, 1.54) is 127 Å². The van der Waals surface area contributed by atoms with E-state index in [9.17, 15) is 0 Å². The highest BCUT2D eigenvalue weighted by Gasteiger charge is 2.39. The van der Waals surface area contributed by atoms with Crippen LogP contribution >= 0.6 is 11.3 Å². The lowest BCUT2D eigenvalue weighted by Crippen LogP contribution is -2.38. The van der Waals surface area contributed by atoms with Crippen LogP contribution in [-0.4, -0.2) is 11.8 Å². The number of rotatable bonds is 3. The highest BCUT2D eigenvalue weighted by atomic mass is 32.1. The van der Waals surface area contributed by atoms with Crippen LogP contribution in [-0.2, 0) is 21.7 Å². The molecule has 4 heterocycles. The number of fused-ring (bicyclic) bond motifs is 16. The van der Waals surface area contributed by atoms with Crippen molar-refractivity contribution in [2.24, 2.45) is 0 Å². The lowest BCUT2D eigenvalue weighted by Gasteiger charge is -2.41. The van der Waals surface area contributed by atoms with Gasteiger partial charge in [-0.05, 0) is 140 Å². The number of aromatic nitrogens is 1. The van der Waals surface area contributed by atoms with Crippen molar-refractivity contribution < 1.29 is 4.42 Å². The predicted molar refractivity (Wildman–Crippen MR) is 294 cm³/mol. The van der Waals surface area contributed by atoms with E-state index in [1.807, 2.05) is 11.3 Å². The number of benzene rings is 8. The third-order valence-corrected chi connectivity index (χ3v) is 17.9. The Balaban J connectivity index is 1.07. The monoisotopic (exact) mass is 898 g/mol.